The number of aliphatic hydroxyl groups excluding tert-OH is 1. The molecule has 0 saturated heterocycles. The van der Waals surface area contributed by atoms with Crippen LogP contribution < -0.4 is 0 Å². The van der Waals surface area contributed by atoms with Gasteiger partial charge >= 0.3 is 5.97 Å². The maximum atomic E-state index is 12.3. The van der Waals surface area contributed by atoms with E-state index in [9.17, 15) is 18.3 Å². The summed E-state index contributed by atoms with van der Waals surface area (Å²) in [5, 5.41) is 18.6. The fraction of sp³-hybridized carbons (Fsp3) is 0.417. The fourth-order valence-electron chi connectivity index (χ4n) is 1.65. The summed E-state index contributed by atoms with van der Waals surface area (Å²) in [6.07, 6.45) is -0.968. The molecule has 1 unspecified atom stereocenters. The molecule has 0 radical (unpaired) electrons. The molecule has 0 aliphatic rings. The van der Waals surface area contributed by atoms with Crippen molar-refractivity contribution in [2.24, 2.45) is 0 Å². The molecule has 0 aliphatic carbocycles. The number of aliphatic hydroxyl groups is 1. The average molecular weight is 382 g/mol. The maximum Gasteiger partial charge on any atom is 0.336 e. The highest BCUT2D eigenvalue weighted by molar-refractivity contribution is 9.10. The number of nitrogens with zero attached hydrogens (tertiary/aromatic N) is 1. The zero-order valence-electron chi connectivity index (χ0n) is 11.5. The molecule has 0 aromatic heterocycles. The first kappa shape index (κ1) is 18.1. The van der Waals surface area contributed by atoms with Gasteiger partial charge in [0.2, 0.25) is 10.0 Å². The van der Waals surface area contributed by atoms with Crippen molar-refractivity contribution in [3.8, 4) is 0 Å². The van der Waals surface area contributed by atoms with Crippen LogP contribution in [0.25, 0.3) is 0 Å². The number of rotatable bonds is 7. The van der Waals surface area contributed by atoms with Crippen molar-refractivity contribution in [3.05, 3.63) is 28.2 Å². The molecule has 1 rings (SSSR count). The molecule has 1 atom stereocenters. The van der Waals surface area contributed by atoms with Gasteiger partial charge in [-0.1, -0.05) is 0 Å². The standard InChI is InChI=1S/C12H16BrNO6S/c1-14(6-8(15)7-20-2)21(18,19)9-3-4-11(13)10(5-9)12(16)17/h3-5,8,15H,6-7H2,1-2H3,(H,16,17). The van der Waals surface area contributed by atoms with Crippen molar-refractivity contribution >= 4 is 31.9 Å². The first-order valence-electron chi connectivity index (χ1n) is 5.86. The second-order valence-electron chi connectivity index (χ2n) is 4.34. The van der Waals surface area contributed by atoms with Crippen molar-refractivity contribution < 1.29 is 28.2 Å². The molecule has 0 amide bonds. The number of carboxylic acids is 1. The second kappa shape index (κ2) is 7.32. The Kier molecular flexibility index (Phi) is 6.29. The van der Waals surface area contributed by atoms with E-state index < -0.39 is 22.1 Å². The number of methoxy groups -OCH3 is 1. The Morgan fingerprint density at radius 3 is 2.62 bits per heavy atom. The van der Waals surface area contributed by atoms with Gasteiger partial charge in [-0.25, -0.2) is 13.2 Å². The lowest BCUT2D eigenvalue weighted by molar-refractivity contribution is 0.0554. The topological polar surface area (TPSA) is 104 Å². The molecule has 118 valence electrons. The fourth-order valence-corrected chi connectivity index (χ4v) is 3.30. The molecule has 7 nitrogen and oxygen atoms in total. The minimum absolute atomic E-state index is 0.000569. The highest BCUT2D eigenvalue weighted by Crippen LogP contribution is 2.23. The summed E-state index contributed by atoms with van der Waals surface area (Å²) in [5.41, 5.74) is -0.151. The maximum absolute atomic E-state index is 12.3. The molecule has 1 aromatic carbocycles. The molecule has 0 heterocycles. The monoisotopic (exact) mass is 381 g/mol. The van der Waals surface area contributed by atoms with E-state index in [0.29, 0.717) is 0 Å². The average Bonchev–Trinajstić information content (AvgIpc) is 2.38. The van der Waals surface area contributed by atoms with Crippen LogP contribution in [-0.2, 0) is 14.8 Å². The van der Waals surface area contributed by atoms with Crippen molar-refractivity contribution in [3.63, 3.8) is 0 Å². The number of halogens is 1. The molecule has 0 saturated carbocycles. The third-order valence-corrected chi connectivity index (χ3v) is 5.21. The summed E-state index contributed by atoms with van der Waals surface area (Å²) in [7, 11) is -1.19. The van der Waals surface area contributed by atoms with E-state index >= 15 is 0 Å². The van der Waals surface area contributed by atoms with E-state index in [1.807, 2.05) is 0 Å². The van der Waals surface area contributed by atoms with Crippen LogP contribution >= 0.6 is 15.9 Å². The highest BCUT2D eigenvalue weighted by Gasteiger charge is 2.24. The summed E-state index contributed by atoms with van der Waals surface area (Å²) in [5.74, 6) is -1.24. The quantitative estimate of drug-likeness (QED) is 0.722. The van der Waals surface area contributed by atoms with Crippen LogP contribution in [0, 0.1) is 0 Å². The number of hydrogen-bond donors (Lipinski definition) is 2. The van der Waals surface area contributed by atoms with Crippen molar-refractivity contribution in [2.75, 3.05) is 27.3 Å². The molecular weight excluding hydrogens is 366 g/mol. The van der Waals surface area contributed by atoms with E-state index in [1.54, 1.807) is 0 Å². The van der Waals surface area contributed by atoms with Gasteiger partial charge in [-0.3, -0.25) is 0 Å². The Morgan fingerprint density at radius 2 is 2.10 bits per heavy atom. The summed E-state index contributed by atoms with van der Waals surface area (Å²) < 4.78 is 30.6. The molecule has 9 heteroatoms. The van der Waals surface area contributed by atoms with Gasteiger partial charge in [0.1, 0.15) is 0 Å². The number of sulfonamides is 1. The van der Waals surface area contributed by atoms with Crippen LogP contribution in [0.4, 0.5) is 0 Å². The third kappa shape index (κ3) is 4.48. The van der Waals surface area contributed by atoms with Gasteiger partial charge in [-0.2, -0.15) is 4.31 Å². The van der Waals surface area contributed by atoms with Crippen LogP contribution in [0.15, 0.2) is 27.6 Å². The van der Waals surface area contributed by atoms with E-state index in [0.717, 1.165) is 10.4 Å². The molecule has 2 N–H and O–H groups in total. The van der Waals surface area contributed by atoms with Gasteiger partial charge < -0.3 is 14.9 Å². The number of likely N-dealkylation sites (N-methyl/N-ethyl adjacent to an activating group) is 1. The molecule has 0 spiro atoms. The predicted octanol–water partition coefficient (Wildman–Crippen LogP) is 0.775. The first-order valence-corrected chi connectivity index (χ1v) is 8.09. The minimum Gasteiger partial charge on any atom is -0.478 e. The van der Waals surface area contributed by atoms with Crippen molar-refractivity contribution in [1.29, 1.82) is 0 Å². The smallest absolute Gasteiger partial charge is 0.336 e. The van der Waals surface area contributed by atoms with E-state index in [2.05, 4.69) is 15.9 Å². The molecule has 0 aliphatic heterocycles. The van der Waals surface area contributed by atoms with Gasteiger partial charge in [-0.15, -0.1) is 0 Å². The summed E-state index contributed by atoms with van der Waals surface area (Å²) in [4.78, 5) is 10.9. The molecule has 0 bridgehead atoms. The Bertz CT molecular complexity index is 618. The Hall–Kier alpha value is -1.00. The lowest BCUT2D eigenvalue weighted by atomic mass is 10.2. The molecule has 1 aromatic rings. The van der Waals surface area contributed by atoms with Crippen LogP contribution in [-0.4, -0.2) is 62.3 Å². The van der Waals surface area contributed by atoms with Gasteiger partial charge in [0.05, 0.1) is 23.2 Å². The number of carboxylic acid groups (broad SMARTS) is 1. The number of benzene rings is 1. The van der Waals surface area contributed by atoms with Gasteiger partial charge in [0.15, 0.2) is 0 Å². The molecule has 21 heavy (non-hydrogen) atoms. The largest absolute Gasteiger partial charge is 0.478 e. The summed E-state index contributed by atoms with van der Waals surface area (Å²) >= 11 is 3.05. The Labute approximate surface area is 131 Å². The number of aromatic carboxylic acids is 1. The third-order valence-electron chi connectivity index (χ3n) is 2.70. The first-order chi connectivity index (χ1) is 9.70. The van der Waals surface area contributed by atoms with E-state index in [-0.39, 0.29) is 28.1 Å². The lowest BCUT2D eigenvalue weighted by Gasteiger charge is -2.20. The summed E-state index contributed by atoms with van der Waals surface area (Å²) in [6, 6.07) is 3.72. The number of carbonyl (C=O) groups is 1. The van der Waals surface area contributed by atoms with Gasteiger partial charge in [0.25, 0.3) is 0 Å². The second-order valence-corrected chi connectivity index (χ2v) is 7.24. The van der Waals surface area contributed by atoms with E-state index in [4.69, 9.17) is 9.84 Å². The van der Waals surface area contributed by atoms with Crippen LogP contribution in [0.3, 0.4) is 0 Å². The van der Waals surface area contributed by atoms with E-state index in [1.165, 1.54) is 26.3 Å². The highest BCUT2D eigenvalue weighted by atomic mass is 79.9. The normalized spacial score (nSPS) is 13.4. The van der Waals surface area contributed by atoms with Gasteiger partial charge in [0, 0.05) is 25.2 Å². The van der Waals surface area contributed by atoms with Crippen molar-refractivity contribution in [2.45, 2.75) is 11.0 Å². The SMILES string of the molecule is COCC(O)CN(C)S(=O)(=O)c1ccc(Br)c(C(=O)O)c1. The van der Waals surface area contributed by atoms with Crippen LogP contribution in [0.5, 0.6) is 0 Å². The predicted molar refractivity (Wildman–Crippen MR) is 78.8 cm³/mol. The lowest BCUT2D eigenvalue weighted by Crippen LogP contribution is -2.36. The molecular formula is C12H16BrNO6S. The zero-order valence-corrected chi connectivity index (χ0v) is 13.9. The Morgan fingerprint density at radius 1 is 1.48 bits per heavy atom. The number of ether oxygens (including phenoxy) is 1. The molecule has 0 fully saturated rings. The van der Waals surface area contributed by atoms with Crippen LogP contribution in [0.2, 0.25) is 0 Å². The minimum atomic E-state index is -3.89. The van der Waals surface area contributed by atoms with Crippen molar-refractivity contribution in [1.82, 2.24) is 4.31 Å². The van der Waals surface area contributed by atoms with Crippen LogP contribution in [0.1, 0.15) is 10.4 Å². The number of hydrogen-bond acceptors (Lipinski definition) is 5. The Balaban J connectivity index is 3.07. The zero-order chi connectivity index (χ0) is 16.2. The summed E-state index contributed by atoms with van der Waals surface area (Å²) in [6.45, 7) is -0.158. The van der Waals surface area contributed by atoms with Gasteiger partial charge in [-0.05, 0) is 34.1 Å².